The van der Waals surface area contributed by atoms with E-state index in [1.165, 1.54) is 16.7 Å². The molecule has 1 aliphatic heterocycles. The predicted molar refractivity (Wildman–Crippen MR) is 116 cm³/mol. The summed E-state index contributed by atoms with van der Waals surface area (Å²) in [6, 6.07) is 16.9. The average Bonchev–Trinajstić information content (AvgIpc) is 2.69. The largest absolute Gasteiger partial charge is 0.491 e. The van der Waals surface area contributed by atoms with Gasteiger partial charge in [-0.05, 0) is 62.1 Å². The van der Waals surface area contributed by atoms with Crippen molar-refractivity contribution >= 4 is 5.91 Å². The van der Waals surface area contributed by atoms with Crippen molar-refractivity contribution in [1.29, 1.82) is 0 Å². The monoisotopic (exact) mass is 395 g/mol. The van der Waals surface area contributed by atoms with Crippen molar-refractivity contribution in [2.24, 2.45) is 11.7 Å². The lowest BCUT2D eigenvalue weighted by Crippen LogP contribution is -2.40. The Labute approximate surface area is 174 Å². The molecule has 0 saturated carbocycles. The molecule has 1 amide bonds. The standard InChI is InChI=1S/C24H33N3O2/c1-18(2)29-23-10-8-19(9-11-23)14-26-15-20-5-3-6-21(13-20)16-27-12-4-7-22(17-27)24(25)28/h3,5-6,8-11,13,18,22,26H,4,7,12,14-17H2,1-2H3,(H2,25,28). The molecule has 1 atom stereocenters. The average molecular weight is 396 g/mol. The Morgan fingerprint density at radius 3 is 2.59 bits per heavy atom. The first kappa shape index (κ1) is 21.3. The minimum absolute atomic E-state index is 0.00840. The first-order valence-corrected chi connectivity index (χ1v) is 10.6. The fraction of sp³-hybridized carbons (Fsp3) is 0.458. The van der Waals surface area contributed by atoms with Crippen LogP contribution in [0.1, 0.15) is 43.4 Å². The number of rotatable bonds is 9. The Morgan fingerprint density at radius 2 is 1.86 bits per heavy atom. The summed E-state index contributed by atoms with van der Waals surface area (Å²) in [7, 11) is 0. The minimum atomic E-state index is -0.170. The fourth-order valence-corrected chi connectivity index (χ4v) is 3.84. The van der Waals surface area contributed by atoms with Crippen LogP contribution in [0.25, 0.3) is 0 Å². The topological polar surface area (TPSA) is 67.6 Å². The molecule has 2 aromatic carbocycles. The van der Waals surface area contributed by atoms with Crippen LogP contribution < -0.4 is 15.8 Å². The van der Waals surface area contributed by atoms with Crippen LogP contribution in [-0.4, -0.2) is 30.0 Å². The lowest BCUT2D eigenvalue weighted by atomic mass is 9.97. The molecule has 1 saturated heterocycles. The van der Waals surface area contributed by atoms with E-state index in [1.54, 1.807) is 0 Å². The molecule has 3 N–H and O–H groups in total. The van der Waals surface area contributed by atoms with Crippen molar-refractivity contribution in [2.75, 3.05) is 13.1 Å². The fourth-order valence-electron chi connectivity index (χ4n) is 3.84. The van der Waals surface area contributed by atoms with Crippen LogP contribution in [0, 0.1) is 5.92 Å². The van der Waals surface area contributed by atoms with Gasteiger partial charge in [-0.15, -0.1) is 0 Å². The molecule has 1 fully saturated rings. The zero-order chi connectivity index (χ0) is 20.6. The van der Waals surface area contributed by atoms with Gasteiger partial charge in [0.1, 0.15) is 5.75 Å². The highest BCUT2D eigenvalue weighted by molar-refractivity contribution is 5.76. The molecule has 29 heavy (non-hydrogen) atoms. The van der Waals surface area contributed by atoms with Crippen LogP contribution in [-0.2, 0) is 24.4 Å². The number of piperidine rings is 1. The molecule has 0 bridgehead atoms. The summed E-state index contributed by atoms with van der Waals surface area (Å²) in [6.45, 7) is 8.38. The van der Waals surface area contributed by atoms with Gasteiger partial charge in [0.15, 0.2) is 0 Å². The van der Waals surface area contributed by atoms with Crippen LogP contribution in [0.2, 0.25) is 0 Å². The number of amides is 1. The van der Waals surface area contributed by atoms with Gasteiger partial charge >= 0.3 is 0 Å². The summed E-state index contributed by atoms with van der Waals surface area (Å²) in [5.41, 5.74) is 9.29. The zero-order valence-corrected chi connectivity index (χ0v) is 17.6. The van der Waals surface area contributed by atoms with Crippen LogP contribution >= 0.6 is 0 Å². The highest BCUT2D eigenvalue weighted by Crippen LogP contribution is 2.19. The first-order valence-electron chi connectivity index (χ1n) is 10.6. The molecule has 1 heterocycles. The summed E-state index contributed by atoms with van der Waals surface area (Å²) in [4.78, 5) is 13.8. The highest BCUT2D eigenvalue weighted by atomic mass is 16.5. The van der Waals surface area contributed by atoms with Gasteiger partial charge in [-0.1, -0.05) is 36.4 Å². The number of likely N-dealkylation sites (tertiary alicyclic amines) is 1. The molecule has 1 aliphatic rings. The third-order valence-electron chi connectivity index (χ3n) is 5.26. The summed E-state index contributed by atoms with van der Waals surface area (Å²) in [5.74, 6) is 0.732. The lowest BCUT2D eigenvalue weighted by molar-refractivity contribution is -0.123. The van der Waals surface area contributed by atoms with E-state index in [4.69, 9.17) is 10.5 Å². The molecule has 0 aliphatic carbocycles. The molecule has 2 aromatic rings. The molecular formula is C24H33N3O2. The Kier molecular flexibility index (Phi) is 7.67. The Bertz CT molecular complexity index is 789. The third-order valence-corrected chi connectivity index (χ3v) is 5.26. The summed E-state index contributed by atoms with van der Waals surface area (Å²) in [5, 5.41) is 3.52. The Balaban J connectivity index is 1.48. The SMILES string of the molecule is CC(C)Oc1ccc(CNCc2cccc(CN3CCCC(C(N)=O)C3)c2)cc1. The van der Waals surface area contributed by atoms with E-state index in [-0.39, 0.29) is 17.9 Å². The van der Waals surface area contributed by atoms with Gasteiger partial charge in [-0.25, -0.2) is 0 Å². The van der Waals surface area contributed by atoms with E-state index < -0.39 is 0 Å². The van der Waals surface area contributed by atoms with Gasteiger partial charge in [0.05, 0.1) is 12.0 Å². The number of ether oxygens (including phenoxy) is 1. The van der Waals surface area contributed by atoms with Crippen LogP contribution in [0.3, 0.4) is 0 Å². The summed E-state index contributed by atoms with van der Waals surface area (Å²) in [6.07, 6.45) is 2.15. The number of hydrogen-bond donors (Lipinski definition) is 2. The van der Waals surface area contributed by atoms with Gasteiger partial charge in [-0.2, -0.15) is 0 Å². The van der Waals surface area contributed by atoms with E-state index in [9.17, 15) is 4.79 Å². The highest BCUT2D eigenvalue weighted by Gasteiger charge is 2.23. The maximum absolute atomic E-state index is 11.5. The quantitative estimate of drug-likeness (QED) is 0.682. The van der Waals surface area contributed by atoms with Crippen molar-refractivity contribution in [3.63, 3.8) is 0 Å². The van der Waals surface area contributed by atoms with Crippen molar-refractivity contribution in [3.05, 3.63) is 65.2 Å². The van der Waals surface area contributed by atoms with Gasteiger partial charge in [0.2, 0.25) is 5.91 Å². The molecular weight excluding hydrogens is 362 g/mol. The van der Waals surface area contributed by atoms with E-state index >= 15 is 0 Å². The maximum Gasteiger partial charge on any atom is 0.221 e. The molecule has 5 nitrogen and oxygen atoms in total. The number of benzene rings is 2. The van der Waals surface area contributed by atoms with Crippen LogP contribution in [0.15, 0.2) is 48.5 Å². The Morgan fingerprint density at radius 1 is 1.14 bits per heavy atom. The molecule has 1 unspecified atom stereocenters. The van der Waals surface area contributed by atoms with E-state index in [2.05, 4.69) is 46.6 Å². The lowest BCUT2D eigenvalue weighted by Gasteiger charge is -2.31. The second-order valence-corrected chi connectivity index (χ2v) is 8.21. The predicted octanol–water partition coefficient (Wildman–Crippen LogP) is 3.46. The second kappa shape index (κ2) is 10.4. The molecule has 156 valence electrons. The second-order valence-electron chi connectivity index (χ2n) is 8.21. The van der Waals surface area contributed by atoms with Crippen molar-refractivity contribution < 1.29 is 9.53 Å². The number of carbonyl (C=O) groups excluding carboxylic acids is 1. The van der Waals surface area contributed by atoms with Gasteiger partial charge in [0, 0.05) is 26.2 Å². The van der Waals surface area contributed by atoms with Crippen molar-refractivity contribution in [3.8, 4) is 5.75 Å². The molecule has 0 radical (unpaired) electrons. The van der Waals surface area contributed by atoms with Crippen LogP contribution in [0.4, 0.5) is 0 Å². The molecule has 0 spiro atoms. The zero-order valence-electron chi connectivity index (χ0n) is 17.6. The van der Waals surface area contributed by atoms with Gasteiger partial charge < -0.3 is 15.8 Å². The van der Waals surface area contributed by atoms with E-state index in [1.807, 2.05) is 26.0 Å². The first-order chi connectivity index (χ1) is 14.0. The Hall–Kier alpha value is -2.37. The smallest absolute Gasteiger partial charge is 0.221 e. The molecule has 5 heteroatoms. The minimum Gasteiger partial charge on any atom is -0.491 e. The number of nitrogens with two attached hydrogens (primary N) is 1. The van der Waals surface area contributed by atoms with Gasteiger partial charge in [-0.3, -0.25) is 9.69 Å². The summed E-state index contributed by atoms with van der Waals surface area (Å²) < 4.78 is 5.69. The maximum atomic E-state index is 11.5. The van der Waals surface area contributed by atoms with E-state index in [0.29, 0.717) is 0 Å². The summed E-state index contributed by atoms with van der Waals surface area (Å²) >= 11 is 0. The normalized spacial score (nSPS) is 17.4. The molecule has 3 rings (SSSR count). The number of nitrogens with zero attached hydrogens (tertiary/aromatic N) is 1. The van der Waals surface area contributed by atoms with Crippen molar-refractivity contribution in [2.45, 2.75) is 52.4 Å². The number of carbonyl (C=O) groups is 1. The number of hydrogen-bond acceptors (Lipinski definition) is 4. The van der Waals surface area contributed by atoms with Crippen LogP contribution in [0.5, 0.6) is 5.75 Å². The number of nitrogens with one attached hydrogen (secondary N) is 1. The van der Waals surface area contributed by atoms with Gasteiger partial charge in [0.25, 0.3) is 0 Å². The van der Waals surface area contributed by atoms with E-state index in [0.717, 1.165) is 51.3 Å². The van der Waals surface area contributed by atoms with Crippen molar-refractivity contribution in [1.82, 2.24) is 10.2 Å². The number of primary amides is 1. The molecule has 0 aromatic heterocycles. The third kappa shape index (κ3) is 6.87.